The molecule has 0 saturated carbocycles. The third-order valence-corrected chi connectivity index (χ3v) is 2.95. The van der Waals surface area contributed by atoms with Crippen LogP contribution in [0.2, 0.25) is 5.02 Å². The Morgan fingerprint density at radius 3 is 2.61 bits per heavy atom. The predicted molar refractivity (Wildman–Crippen MR) is 70.4 cm³/mol. The van der Waals surface area contributed by atoms with E-state index in [0.717, 1.165) is 11.4 Å². The van der Waals surface area contributed by atoms with Gasteiger partial charge in [0.2, 0.25) is 0 Å². The Bertz CT molecular complexity index is 520. The first-order valence-corrected chi connectivity index (χ1v) is 6.25. The van der Waals surface area contributed by atoms with E-state index in [1.54, 1.807) is 23.7 Å². The van der Waals surface area contributed by atoms with Gasteiger partial charge in [-0.3, -0.25) is 0 Å². The van der Waals surface area contributed by atoms with E-state index in [4.69, 9.17) is 11.6 Å². The molecule has 1 unspecified atom stereocenters. The Morgan fingerprint density at radius 1 is 1.33 bits per heavy atom. The van der Waals surface area contributed by atoms with Gasteiger partial charge in [-0.15, -0.1) is 0 Å². The Kier molecular flexibility index (Phi) is 3.97. The molecule has 1 atom stereocenters. The monoisotopic (exact) mass is 267 g/mol. The molecule has 0 aliphatic rings. The van der Waals surface area contributed by atoms with Gasteiger partial charge >= 0.3 is 0 Å². The van der Waals surface area contributed by atoms with Gasteiger partial charge < -0.3 is 0 Å². The normalized spacial score (nSPS) is 12.7. The third-order valence-electron chi connectivity index (χ3n) is 2.70. The number of halogens is 2. The highest BCUT2D eigenvalue weighted by Crippen LogP contribution is 2.18. The molecule has 0 aliphatic heterocycles. The second-order valence-corrected chi connectivity index (χ2v) is 4.72. The lowest BCUT2D eigenvalue weighted by Gasteiger charge is -2.03. The molecular formula is C13H15ClFN3. The van der Waals surface area contributed by atoms with Crippen LogP contribution >= 0.6 is 11.6 Å². The minimum Gasteiger partial charge on any atom is -0.250 e. The van der Waals surface area contributed by atoms with Crippen molar-refractivity contribution in [1.29, 1.82) is 0 Å². The first kappa shape index (κ1) is 13.0. The Hall–Kier alpha value is -1.42. The summed E-state index contributed by atoms with van der Waals surface area (Å²) < 4.78 is 14.6. The van der Waals surface area contributed by atoms with E-state index in [2.05, 4.69) is 10.1 Å². The lowest BCUT2D eigenvalue weighted by molar-refractivity contribution is 0.319. The number of hydrogen-bond donors (Lipinski definition) is 0. The maximum atomic E-state index is 12.8. The van der Waals surface area contributed by atoms with Crippen LogP contribution in [0.4, 0.5) is 4.39 Å². The molecule has 1 aromatic carbocycles. The molecule has 96 valence electrons. The molecule has 3 nitrogen and oxygen atoms in total. The molecule has 18 heavy (non-hydrogen) atoms. The zero-order valence-electron chi connectivity index (χ0n) is 10.4. The van der Waals surface area contributed by atoms with E-state index in [-0.39, 0.29) is 0 Å². The quantitative estimate of drug-likeness (QED) is 0.846. The largest absolute Gasteiger partial charge is 0.250 e. The molecule has 0 fully saturated rings. The lowest BCUT2D eigenvalue weighted by atomic mass is 10.2. The Balaban J connectivity index is 2.20. The van der Waals surface area contributed by atoms with Crippen molar-refractivity contribution in [3.8, 4) is 11.4 Å². The van der Waals surface area contributed by atoms with Crippen molar-refractivity contribution in [2.45, 2.75) is 33.0 Å². The van der Waals surface area contributed by atoms with Crippen LogP contribution in [0.25, 0.3) is 11.4 Å². The van der Waals surface area contributed by atoms with Crippen molar-refractivity contribution in [2.75, 3.05) is 0 Å². The fourth-order valence-corrected chi connectivity index (χ4v) is 1.78. The van der Waals surface area contributed by atoms with Gasteiger partial charge in [0.1, 0.15) is 5.82 Å². The molecule has 5 heteroatoms. The van der Waals surface area contributed by atoms with E-state index < -0.39 is 6.17 Å². The number of aromatic nitrogens is 3. The second-order valence-electron chi connectivity index (χ2n) is 4.28. The predicted octanol–water partition coefficient (Wildman–Crippen LogP) is 3.66. The Labute approximate surface area is 111 Å². The van der Waals surface area contributed by atoms with Crippen LogP contribution < -0.4 is 0 Å². The summed E-state index contributed by atoms with van der Waals surface area (Å²) >= 11 is 5.83. The molecule has 1 heterocycles. The van der Waals surface area contributed by atoms with Crippen LogP contribution in [0.5, 0.6) is 0 Å². The van der Waals surface area contributed by atoms with Gasteiger partial charge in [0.05, 0.1) is 6.17 Å². The van der Waals surface area contributed by atoms with Gasteiger partial charge in [-0.25, -0.2) is 14.1 Å². The topological polar surface area (TPSA) is 30.7 Å². The maximum Gasteiger partial charge on any atom is 0.181 e. The molecule has 0 spiro atoms. The standard InChI is InChI=1S/C13H15ClFN3/c1-9(15)7-8-18-10(2)16-13(17-18)11-3-5-12(14)6-4-11/h3-6,9H,7-8H2,1-2H3. The summed E-state index contributed by atoms with van der Waals surface area (Å²) in [5.74, 6) is 1.44. The second kappa shape index (κ2) is 5.48. The zero-order chi connectivity index (χ0) is 13.1. The van der Waals surface area contributed by atoms with Gasteiger partial charge in [0, 0.05) is 17.1 Å². The smallest absolute Gasteiger partial charge is 0.181 e. The molecule has 0 aliphatic carbocycles. The fraction of sp³-hybridized carbons (Fsp3) is 0.385. The van der Waals surface area contributed by atoms with Gasteiger partial charge in [-0.05, 0) is 44.5 Å². The molecule has 0 N–H and O–H groups in total. The van der Waals surface area contributed by atoms with Gasteiger partial charge in [0.15, 0.2) is 5.82 Å². The van der Waals surface area contributed by atoms with Crippen molar-refractivity contribution in [2.24, 2.45) is 0 Å². The van der Waals surface area contributed by atoms with Crippen LogP contribution in [0.3, 0.4) is 0 Å². The van der Waals surface area contributed by atoms with Crippen molar-refractivity contribution in [3.05, 3.63) is 35.1 Å². The highest BCUT2D eigenvalue weighted by Gasteiger charge is 2.09. The lowest BCUT2D eigenvalue weighted by Crippen LogP contribution is -2.06. The molecule has 0 bridgehead atoms. The van der Waals surface area contributed by atoms with E-state index in [1.165, 1.54) is 0 Å². The van der Waals surface area contributed by atoms with Crippen LogP contribution in [-0.2, 0) is 6.54 Å². The van der Waals surface area contributed by atoms with E-state index in [9.17, 15) is 4.39 Å². The third kappa shape index (κ3) is 3.07. The van der Waals surface area contributed by atoms with Crippen LogP contribution in [0.15, 0.2) is 24.3 Å². The van der Waals surface area contributed by atoms with Gasteiger partial charge in [-0.1, -0.05) is 11.6 Å². The number of benzene rings is 1. The van der Waals surface area contributed by atoms with Crippen molar-refractivity contribution in [1.82, 2.24) is 14.8 Å². The van der Waals surface area contributed by atoms with Gasteiger partial charge in [0.25, 0.3) is 0 Å². The number of rotatable bonds is 4. The fourth-order valence-electron chi connectivity index (χ4n) is 1.65. The van der Waals surface area contributed by atoms with Crippen LogP contribution in [-0.4, -0.2) is 20.9 Å². The number of hydrogen-bond acceptors (Lipinski definition) is 2. The average molecular weight is 268 g/mol. The summed E-state index contributed by atoms with van der Waals surface area (Å²) in [4.78, 5) is 4.37. The SMILES string of the molecule is Cc1nc(-c2ccc(Cl)cc2)nn1CCC(C)F. The summed E-state index contributed by atoms with van der Waals surface area (Å²) in [5, 5.41) is 5.06. The average Bonchev–Trinajstić information content (AvgIpc) is 2.69. The molecule has 0 radical (unpaired) electrons. The maximum absolute atomic E-state index is 12.8. The number of nitrogens with zero attached hydrogens (tertiary/aromatic N) is 3. The summed E-state index contributed by atoms with van der Waals surface area (Å²) in [7, 11) is 0. The first-order valence-electron chi connectivity index (χ1n) is 5.87. The first-order chi connectivity index (χ1) is 8.56. The van der Waals surface area contributed by atoms with Crippen molar-refractivity contribution >= 4 is 11.6 Å². The van der Waals surface area contributed by atoms with Crippen LogP contribution in [0, 0.1) is 6.92 Å². The van der Waals surface area contributed by atoms with E-state index >= 15 is 0 Å². The molecule has 0 saturated heterocycles. The molecule has 0 amide bonds. The summed E-state index contributed by atoms with van der Waals surface area (Å²) in [6, 6.07) is 7.35. The van der Waals surface area contributed by atoms with Crippen molar-refractivity contribution in [3.63, 3.8) is 0 Å². The molecule has 2 aromatic rings. The Morgan fingerprint density at radius 2 is 2.00 bits per heavy atom. The molecular weight excluding hydrogens is 253 g/mol. The highest BCUT2D eigenvalue weighted by molar-refractivity contribution is 6.30. The van der Waals surface area contributed by atoms with E-state index in [1.807, 2.05) is 19.1 Å². The van der Waals surface area contributed by atoms with Gasteiger partial charge in [-0.2, -0.15) is 5.10 Å². The molecule has 2 rings (SSSR count). The zero-order valence-corrected chi connectivity index (χ0v) is 11.2. The number of alkyl halides is 1. The molecule has 1 aromatic heterocycles. The van der Waals surface area contributed by atoms with Crippen molar-refractivity contribution < 1.29 is 4.39 Å². The minimum atomic E-state index is -0.826. The minimum absolute atomic E-state index is 0.449. The summed E-state index contributed by atoms with van der Waals surface area (Å²) in [6.45, 7) is 3.96. The highest BCUT2D eigenvalue weighted by atomic mass is 35.5. The summed E-state index contributed by atoms with van der Waals surface area (Å²) in [6.07, 6.45) is -0.378. The number of aryl methyl sites for hydroxylation is 2. The van der Waals surface area contributed by atoms with E-state index in [0.29, 0.717) is 23.8 Å². The van der Waals surface area contributed by atoms with Crippen LogP contribution in [0.1, 0.15) is 19.2 Å². The summed E-state index contributed by atoms with van der Waals surface area (Å²) in [5.41, 5.74) is 0.912.